The van der Waals surface area contributed by atoms with Crippen LogP contribution in [0.25, 0.3) is 0 Å². The molecule has 0 unspecified atom stereocenters. The van der Waals surface area contributed by atoms with Gasteiger partial charge in [-0.1, -0.05) is 6.42 Å². The molecule has 0 aliphatic carbocycles. The molecule has 1 aromatic rings. The van der Waals surface area contributed by atoms with Crippen LogP contribution >= 0.6 is 0 Å². The summed E-state index contributed by atoms with van der Waals surface area (Å²) >= 11 is 0. The number of hydrogen-bond donors (Lipinski definition) is 0. The predicted molar refractivity (Wildman–Crippen MR) is 86.3 cm³/mol. The monoisotopic (exact) mass is 340 g/mol. The van der Waals surface area contributed by atoms with Gasteiger partial charge >= 0.3 is 0 Å². The molecule has 23 heavy (non-hydrogen) atoms. The van der Waals surface area contributed by atoms with Crippen LogP contribution in [0.5, 0.6) is 0 Å². The lowest BCUT2D eigenvalue weighted by Crippen LogP contribution is -2.54. The Kier molecular flexibility index (Phi) is 4.72. The highest BCUT2D eigenvalue weighted by Crippen LogP contribution is 2.26. The van der Waals surface area contributed by atoms with Gasteiger partial charge in [-0.2, -0.15) is 4.31 Å². The molecule has 2 aliphatic heterocycles. The summed E-state index contributed by atoms with van der Waals surface area (Å²) in [5.41, 5.74) is 0. The van der Waals surface area contributed by atoms with Crippen LogP contribution in [-0.2, 0) is 14.8 Å². The molecule has 0 spiro atoms. The molecule has 3 heterocycles. The molecule has 0 radical (unpaired) electrons. The Bertz CT molecular complexity index is 644. The fraction of sp³-hybridized carbons (Fsp3) is 0.733. The van der Waals surface area contributed by atoms with Gasteiger partial charge in [-0.25, -0.2) is 13.4 Å². The Labute approximate surface area is 137 Å². The second-order valence-electron chi connectivity index (χ2n) is 6.48. The van der Waals surface area contributed by atoms with Gasteiger partial charge < -0.3 is 9.47 Å². The van der Waals surface area contributed by atoms with Crippen LogP contribution in [0.2, 0.25) is 0 Å². The Balaban J connectivity index is 1.73. The number of imidazole rings is 1. The zero-order chi connectivity index (χ0) is 16.4. The van der Waals surface area contributed by atoms with Crippen molar-refractivity contribution in [3.63, 3.8) is 0 Å². The first-order chi connectivity index (χ1) is 11.0. The van der Waals surface area contributed by atoms with E-state index in [-0.39, 0.29) is 11.9 Å². The van der Waals surface area contributed by atoms with Crippen molar-refractivity contribution in [3.05, 3.63) is 18.7 Å². The summed E-state index contributed by atoms with van der Waals surface area (Å²) < 4.78 is 27.4. The summed E-state index contributed by atoms with van der Waals surface area (Å²) in [6.45, 7) is 1.79. The van der Waals surface area contributed by atoms with Crippen molar-refractivity contribution in [2.75, 3.05) is 25.9 Å². The maximum absolute atomic E-state index is 12.9. The topological polar surface area (TPSA) is 75.5 Å². The molecule has 128 valence electrons. The average molecular weight is 340 g/mol. The van der Waals surface area contributed by atoms with Gasteiger partial charge in [0.1, 0.15) is 6.04 Å². The van der Waals surface area contributed by atoms with Crippen LogP contribution in [0.4, 0.5) is 0 Å². The van der Waals surface area contributed by atoms with E-state index in [0.717, 1.165) is 25.7 Å². The molecule has 1 amide bonds. The summed E-state index contributed by atoms with van der Waals surface area (Å²) in [6.07, 6.45) is 10.9. The van der Waals surface area contributed by atoms with Crippen LogP contribution < -0.4 is 0 Å². The fourth-order valence-corrected chi connectivity index (χ4v) is 4.76. The normalized spacial score (nSPS) is 27.1. The minimum absolute atomic E-state index is 0.0417. The number of piperidine rings is 2. The smallest absolute Gasteiger partial charge is 0.241 e. The Morgan fingerprint density at radius 1 is 1.17 bits per heavy atom. The molecule has 3 rings (SSSR count). The molecule has 2 atom stereocenters. The Morgan fingerprint density at radius 2 is 2.00 bits per heavy atom. The van der Waals surface area contributed by atoms with Gasteiger partial charge in [0.25, 0.3) is 0 Å². The highest BCUT2D eigenvalue weighted by Gasteiger charge is 2.38. The second-order valence-corrected chi connectivity index (χ2v) is 8.41. The molecule has 2 aliphatic rings. The highest BCUT2D eigenvalue weighted by molar-refractivity contribution is 7.88. The summed E-state index contributed by atoms with van der Waals surface area (Å²) in [7, 11) is -3.34. The first-order valence-electron chi connectivity index (χ1n) is 8.20. The van der Waals surface area contributed by atoms with E-state index < -0.39 is 16.1 Å². The number of sulfonamides is 1. The third kappa shape index (κ3) is 3.58. The molecule has 0 saturated carbocycles. The Morgan fingerprint density at radius 3 is 2.70 bits per heavy atom. The van der Waals surface area contributed by atoms with E-state index in [9.17, 15) is 13.2 Å². The van der Waals surface area contributed by atoms with E-state index in [1.807, 2.05) is 15.7 Å². The summed E-state index contributed by atoms with van der Waals surface area (Å²) in [5, 5.41) is 0. The van der Waals surface area contributed by atoms with E-state index in [1.165, 1.54) is 10.6 Å². The third-order valence-electron chi connectivity index (χ3n) is 4.82. The van der Waals surface area contributed by atoms with Crippen LogP contribution in [0.15, 0.2) is 18.7 Å². The van der Waals surface area contributed by atoms with Crippen molar-refractivity contribution in [1.82, 2.24) is 18.8 Å². The van der Waals surface area contributed by atoms with E-state index >= 15 is 0 Å². The maximum atomic E-state index is 12.9. The zero-order valence-corrected chi connectivity index (χ0v) is 14.3. The summed E-state index contributed by atoms with van der Waals surface area (Å²) in [5.74, 6) is -0.0417. The number of hydrogen-bond acceptors (Lipinski definition) is 4. The molecule has 2 saturated heterocycles. The molecule has 8 heteroatoms. The number of amides is 1. The van der Waals surface area contributed by atoms with Crippen molar-refractivity contribution in [3.8, 4) is 0 Å². The Hall–Kier alpha value is -1.41. The van der Waals surface area contributed by atoms with Crippen molar-refractivity contribution in [2.24, 2.45) is 0 Å². The van der Waals surface area contributed by atoms with Gasteiger partial charge in [0.05, 0.1) is 18.6 Å². The van der Waals surface area contributed by atoms with Crippen molar-refractivity contribution in [2.45, 2.75) is 44.2 Å². The number of carbonyl (C=O) groups excluding carboxylic acids is 1. The van der Waals surface area contributed by atoms with E-state index in [4.69, 9.17) is 0 Å². The van der Waals surface area contributed by atoms with Crippen molar-refractivity contribution in [1.29, 1.82) is 0 Å². The van der Waals surface area contributed by atoms with Gasteiger partial charge in [0, 0.05) is 32.0 Å². The first-order valence-corrected chi connectivity index (χ1v) is 10.0. The van der Waals surface area contributed by atoms with Crippen molar-refractivity contribution >= 4 is 15.9 Å². The maximum Gasteiger partial charge on any atom is 0.241 e. The van der Waals surface area contributed by atoms with E-state index in [1.54, 1.807) is 12.5 Å². The molecule has 1 aromatic heterocycles. The van der Waals surface area contributed by atoms with Gasteiger partial charge in [-0.3, -0.25) is 4.79 Å². The molecule has 2 fully saturated rings. The SMILES string of the molecule is CS(=O)(=O)N1CCCC[C@H]1C(=O)N1CCC[C@H](n2ccnc2)C1. The number of likely N-dealkylation sites (tertiary alicyclic amines) is 1. The van der Waals surface area contributed by atoms with Crippen LogP contribution in [0, 0.1) is 0 Å². The largest absolute Gasteiger partial charge is 0.339 e. The molecular weight excluding hydrogens is 316 g/mol. The van der Waals surface area contributed by atoms with Crippen LogP contribution in [0.1, 0.15) is 38.1 Å². The van der Waals surface area contributed by atoms with Gasteiger partial charge in [0.2, 0.25) is 15.9 Å². The predicted octanol–water partition coefficient (Wildman–Crippen LogP) is 0.861. The highest BCUT2D eigenvalue weighted by atomic mass is 32.2. The lowest BCUT2D eigenvalue weighted by Gasteiger charge is -2.39. The third-order valence-corrected chi connectivity index (χ3v) is 6.11. The summed E-state index contributed by atoms with van der Waals surface area (Å²) in [4.78, 5) is 18.8. The van der Waals surface area contributed by atoms with Crippen LogP contribution in [-0.4, -0.2) is 65.0 Å². The summed E-state index contributed by atoms with van der Waals surface area (Å²) in [6, 6.07) is -0.300. The van der Waals surface area contributed by atoms with Gasteiger partial charge in [-0.05, 0) is 25.7 Å². The van der Waals surface area contributed by atoms with Gasteiger partial charge in [0.15, 0.2) is 0 Å². The zero-order valence-electron chi connectivity index (χ0n) is 13.5. The van der Waals surface area contributed by atoms with Crippen LogP contribution in [0.3, 0.4) is 0 Å². The minimum Gasteiger partial charge on any atom is -0.339 e. The van der Waals surface area contributed by atoms with Gasteiger partial charge in [-0.15, -0.1) is 0 Å². The number of carbonyl (C=O) groups is 1. The second kappa shape index (κ2) is 6.60. The minimum atomic E-state index is -3.34. The molecule has 0 N–H and O–H groups in total. The average Bonchev–Trinajstić information content (AvgIpc) is 3.08. The molecule has 7 nitrogen and oxygen atoms in total. The van der Waals surface area contributed by atoms with Crippen molar-refractivity contribution < 1.29 is 13.2 Å². The number of rotatable bonds is 3. The number of aromatic nitrogens is 2. The van der Waals surface area contributed by atoms with E-state index in [0.29, 0.717) is 26.1 Å². The number of nitrogens with zero attached hydrogens (tertiary/aromatic N) is 4. The van der Waals surface area contributed by atoms with E-state index in [2.05, 4.69) is 4.98 Å². The first kappa shape index (κ1) is 16.4. The quantitative estimate of drug-likeness (QED) is 0.818. The standard InChI is InChI=1S/C15H24N4O3S/c1-23(21,22)19-9-3-2-6-14(19)15(20)17-8-4-5-13(11-17)18-10-7-16-12-18/h7,10,12-14H,2-6,8-9,11H2,1H3/t13-,14-/m0/s1. The molecule has 0 bridgehead atoms. The molecule has 0 aromatic carbocycles. The fourth-order valence-electron chi connectivity index (χ4n) is 3.64. The lowest BCUT2D eigenvalue weighted by molar-refractivity contribution is -0.137. The molecular formula is C15H24N4O3S. The lowest BCUT2D eigenvalue weighted by atomic mass is 10.0.